The van der Waals surface area contributed by atoms with Gasteiger partial charge in [0, 0.05) is 30.9 Å². The average Bonchev–Trinajstić information content (AvgIpc) is 3.66. The monoisotopic (exact) mass is 601 g/mol. The van der Waals surface area contributed by atoms with E-state index in [1.165, 1.54) is 0 Å². The number of thioether (sulfide) groups is 1. The Hall–Kier alpha value is -3.36. The summed E-state index contributed by atoms with van der Waals surface area (Å²) in [6.07, 6.45) is 5.30. The third kappa shape index (κ3) is 5.67. The topological polar surface area (TPSA) is 81.2 Å². The molecule has 7 nitrogen and oxygen atoms in total. The maximum atomic E-state index is 14.7. The number of nitrogens with zero attached hydrogens (tertiary/aromatic N) is 3. The first-order valence-electron chi connectivity index (χ1n) is 15.3. The van der Waals surface area contributed by atoms with Crippen molar-refractivity contribution in [2.24, 2.45) is 11.8 Å². The molecule has 0 aromatic heterocycles. The van der Waals surface area contributed by atoms with Gasteiger partial charge in [0.05, 0.1) is 29.2 Å². The molecular weight excluding hydrogens is 558 g/mol. The summed E-state index contributed by atoms with van der Waals surface area (Å²) in [5.41, 5.74) is 1.99. The van der Waals surface area contributed by atoms with E-state index in [-0.39, 0.29) is 35.6 Å². The molecular formula is C35H43N3O4S. The van der Waals surface area contributed by atoms with E-state index in [1.807, 2.05) is 74.5 Å². The standard InChI is InChI=1S/C35H43N3O4S/c1-5-19-36(22-26-15-11-8-12-16-26)32(40)29-28-17-18-35(43-28)30(29)33(41)38(27(23-39)21-25-13-9-7-10-14-25)31(35)34(42)37(20-6-2)24(3)4/h5-16,24,27-31,39H,1-2,17-23H2,3-4H3/t27-,28-,29+,30+,31?,35?/m1/s1. The van der Waals surface area contributed by atoms with E-state index < -0.39 is 28.7 Å². The van der Waals surface area contributed by atoms with Crippen molar-refractivity contribution in [1.29, 1.82) is 0 Å². The number of fused-ring (bicyclic) bond motifs is 1. The van der Waals surface area contributed by atoms with Crippen LogP contribution in [0.5, 0.6) is 0 Å². The van der Waals surface area contributed by atoms with Gasteiger partial charge in [0.2, 0.25) is 17.7 Å². The molecule has 8 heteroatoms. The number of carbonyl (C=O) groups is 3. The van der Waals surface area contributed by atoms with Gasteiger partial charge in [-0.3, -0.25) is 14.4 Å². The van der Waals surface area contributed by atoms with Crippen LogP contribution in [0.25, 0.3) is 0 Å². The Kier molecular flexibility index (Phi) is 9.47. The van der Waals surface area contributed by atoms with Crippen molar-refractivity contribution < 1.29 is 19.5 Å². The molecule has 2 aromatic rings. The summed E-state index contributed by atoms with van der Waals surface area (Å²) in [5.74, 6) is -1.57. The second kappa shape index (κ2) is 13.1. The van der Waals surface area contributed by atoms with Crippen molar-refractivity contribution in [2.45, 2.75) is 67.8 Å². The van der Waals surface area contributed by atoms with Gasteiger partial charge in [0.25, 0.3) is 0 Å². The Morgan fingerprint density at radius 1 is 1.02 bits per heavy atom. The fraction of sp³-hybridized carbons (Fsp3) is 0.457. The zero-order valence-electron chi connectivity index (χ0n) is 25.2. The molecule has 3 fully saturated rings. The normalized spacial score (nSPS) is 26.3. The number of hydrogen-bond donors (Lipinski definition) is 1. The summed E-state index contributed by atoms with van der Waals surface area (Å²) in [7, 11) is 0. The first kappa shape index (κ1) is 31.1. The first-order chi connectivity index (χ1) is 20.8. The maximum absolute atomic E-state index is 14.7. The van der Waals surface area contributed by atoms with Crippen molar-refractivity contribution >= 4 is 29.5 Å². The van der Waals surface area contributed by atoms with Gasteiger partial charge in [-0.25, -0.2) is 0 Å². The van der Waals surface area contributed by atoms with E-state index in [2.05, 4.69) is 13.2 Å². The minimum absolute atomic E-state index is 0.0457. The van der Waals surface area contributed by atoms with Crippen LogP contribution >= 0.6 is 11.8 Å². The number of aliphatic hydroxyl groups excluding tert-OH is 1. The van der Waals surface area contributed by atoms with Crippen molar-refractivity contribution in [3.63, 3.8) is 0 Å². The molecule has 0 radical (unpaired) electrons. The number of benzene rings is 2. The SMILES string of the molecule is C=CCN(Cc1ccccc1)C(=O)[C@@H]1[C@H]2C(=O)N([C@@H](CO)Cc3ccccc3)C(C(=O)N(CC=C)C(C)C)C23CC[C@H]1S3. The van der Waals surface area contributed by atoms with E-state index >= 15 is 0 Å². The van der Waals surface area contributed by atoms with Crippen LogP contribution in [0, 0.1) is 11.8 Å². The predicted molar refractivity (Wildman–Crippen MR) is 171 cm³/mol. The molecule has 0 aliphatic carbocycles. The van der Waals surface area contributed by atoms with Gasteiger partial charge in [-0.15, -0.1) is 24.9 Å². The number of rotatable bonds is 13. The molecule has 3 aliphatic rings. The molecule has 2 unspecified atom stereocenters. The summed E-state index contributed by atoms with van der Waals surface area (Å²) in [6, 6.07) is 18.1. The van der Waals surface area contributed by atoms with Crippen molar-refractivity contribution in [2.75, 3.05) is 19.7 Å². The highest BCUT2D eigenvalue weighted by Gasteiger charge is 2.74. The highest BCUT2D eigenvalue weighted by molar-refractivity contribution is 8.02. The molecule has 0 saturated carbocycles. The molecule has 3 saturated heterocycles. The molecule has 228 valence electrons. The maximum Gasteiger partial charge on any atom is 0.247 e. The summed E-state index contributed by atoms with van der Waals surface area (Å²) in [5, 5.41) is 10.7. The lowest BCUT2D eigenvalue weighted by Gasteiger charge is -2.40. The molecule has 3 amide bonds. The smallest absolute Gasteiger partial charge is 0.247 e. The van der Waals surface area contributed by atoms with Gasteiger partial charge < -0.3 is 19.8 Å². The quantitative estimate of drug-likeness (QED) is 0.346. The van der Waals surface area contributed by atoms with Crippen LogP contribution in [-0.2, 0) is 27.3 Å². The molecule has 3 aliphatic heterocycles. The summed E-state index contributed by atoms with van der Waals surface area (Å²) < 4.78 is -0.732. The van der Waals surface area contributed by atoms with E-state index in [1.54, 1.807) is 38.6 Å². The second-order valence-electron chi connectivity index (χ2n) is 12.2. The Morgan fingerprint density at radius 3 is 2.23 bits per heavy atom. The lowest BCUT2D eigenvalue weighted by molar-refractivity contribution is -0.147. The number of aliphatic hydroxyl groups is 1. The van der Waals surface area contributed by atoms with Crippen LogP contribution in [0.3, 0.4) is 0 Å². The largest absolute Gasteiger partial charge is 0.394 e. The number of likely N-dealkylation sites (tertiary alicyclic amines) is 1. The number of carbonyl (C=O) groups excluding carboxylic acids is 3. The molecule has 1 N–H and O–H groups in total. The van der Waals surface area contributed by atoms with Crippen molar-refractivity contribution in [3.8, 4) is 0 Å². The molecule has 2 bridgehead atoms. The molecule has 2 aromatic carbocycles. The van der Waals surface area contributed by atoms with Crippen LogP contribution in [0.2, 0.25) is 0 Å². The van der Waals surface area contributed by atoms with Crippen LogP contribution in [0.4, 0.5) is 0 Å². The number of hydrogen-bond acceptors (Lipinski definition) is 5. The Morgan fingerprint density at radius 2 is 1.65 bits per heavy atom. The zero-order chi connectivity index (χ0) is 30.7. The third-order valence-corrected chi connectivity index (χ3v) is 11.2. The van der Waals surface area contributed by atoms with E-state index in [0.717, 1.165) is 17.5 Å². The first-order valence-corrected chi connectivity index (χ1v) is 16.1. The lowest BCUT2D eigenvalue weighted by atomic mass is 9.70. The Balaban J connectivity index is 1.55. The Labute approximate surface area is 259 Å². The molecule has 3 heterocycles. The van der Waals surface area contributed by atoms with Gasteiger partial charge in [0.15, 0.2) is 0 Å². The van der Waals surface area contributed by atoms with E-state index in [0.29, 0.717) is 32.5 Å². The third-order valence-electron chi connectivity index (χ3n) is 9.29. The number of amides is 3. The highest BCUT2D eigenvalue weighted by Crippen LogP contribution is 2.67. The molecule has 5 rings (SSSR count). The zero-order valence-corrected chi connectivity index (χ0v) is 26.0. The van der Waals surface area contributed by atoms with Gasteiger partial charge in [0.1, 0.15) is 6.04 Å². The summed E-state index contributed by atoms with van der Waals surface area (Å²) in [4.78, 5) is 48.9. The van der Waals surface area contributed by atoms with Crippen LogP contribution in [0.15, 0.2) is 86.0 Å². The van der Waals surface area contributed by atoms with Crippen LogP contribution in [-0.4, -0.2) is 85.3 Å². The van der Waals surface area contributed by atoms with Gasteiger partial charge >= 0.3 is 0 Å². The molecule has 43 heavy (non-hydrogen) atoms. The van der Waals surface area contributed by atoms with Crippen molar-refractivity contribution in [1.82, 2.24) is 14.7 Å². The minimum Gasteiger partial charge on any atom is -0.394 e. The minimum atomic E-state index is -0.775. The molecule has 1 spiro atoms. The lowest BCUT2D eigenvalue weighted by Crippen LogP contribution is -2.59. The second-order valence-corrected chi connectivity index (χ2v) is 13.8. The van der Waals surface area contributed by atoms with Crippen molar-refractivity contribution in [3.05, 3.63) is 97.1 Å². The van der Waals surface area contributed by atoms with Gasteiger partial charge in [-0.1, -0.05) is 72.8 Å². The van der Waals surface area contributed by atoms with Gasteiger partial charge in [-0.2, -0.15) is 0 Å². The fourth-order valence-electron chi connectivity index (χ4n) is 7.44. The molecule has 6 atom stereocenters. The van der Waals surface area contributed by atoms with Crippen LogP contribution < -0.4 is 0 Å². The fourth-order valence-corrected chi connectivity index (χ4v) is 9.63. The average molecular weight is 602 g/mol. The predicted octanol–water partition coefficient (Wildman–Crippen LogP) is 4.32. The summed E-state index contributed by atoms with van der Waals surface area (Å²) in [6.45, 7) is 12.6. The van der Waals surface area contributed by atoms with Gasteiger partial charge in [-0.05, 0) is 44.2 Å². The summed E-state index contributed by atoms with van der Waals surface area (Å²) >= 11 is 1.66. The highest BCUT2D eigenvalue weighted by atomic mass is 32.2. The van der Waals surface area contributed by atoms with E-state index in [9.17, 15) is 19.5 Å². The Bertz CT molecular complexity index is 1340. The van der Waals surface area contributed by atoms with E-state index in [4.69, 9.17) is 0 Å². The van der Waals surface area contributed by atoms with Crippen LogP contribution in [0.1, 0.15) is 37.8 Å².